The van der Waals surface area contributed by atoms with Crippen molar-refractivity contribution in [3.63, 3.8) is 0 Å². The summed E-state index contributed by atoms with van der Waals surface area (Å²) in [6.07, 6.45) is 6.50. The lowest BCUT2D eigenvalue weighted by Gasteiger charge is -2.43. The predicted octanol–water partition coefficient (Wildman–Crippen LogP) is 2.45. The highest BCUT2D eigenvalue weighted by molar-refractivity contribution is 5.79. The second-order valence-corrected chi connectivity index (χ2v) is 6.44. The van der Waals surface area contributed by atoms with E-state index in [4.69, 9.17) is 4.74 Å². The van der Waals surface area contributed by atoms with Crippen molar-refractivity contribution in [1.29, 1.82) is 0 Å². The molecule has 3 rings (SSSR count). The highest BCUT2D eigenvalue weighted by Crippen LogP contribution is 2.43. The first kappa shape index (κ1) is 15.3. The van der Waals surface area contributed by atoms with Gasteiger partial charge in [0.1, 0.15) is 0 Å². The highest BCUT2D eigenvalue weighted by Gasteiger charge is 2.38. The maximum absolute atomic E-state index is 5.65. The van der Waals surface area contributed by atoms with Crippen LogP contribution in [-0.4, -0.2) is 38.8 Å². The average molecular weight is 301 g/mol. The Morgan fingerprint density at radius 2 is 2.05 bits per heavy atom. The monoisotopic (exact) mass is 301 g/mol. The van der Waals surface area contributed by atoms with Crippen LogP contribution in [0.15, 0.2) is 35.3 Å². The molecule has 1 aromatic carbocycles. The largest absolute Gasteiger partial charge is 0.376 e. The van der Waals surface area contributed by atoms with Gasteiger partial charge in [0.25, 0.3) is 0 Å². The van der Waals surface area contributed by atoms with Crippen molar-refractivity contribution < 1.29 is 4.74 Å². The normalized spacial score (nSPS) is 23.9. The number of hydrogen-bond donors (Lipinski definition) is 2. The summed E-state index contributed by atoms with van der Waals surface area (Å²) in [5.74, 6) is 0.887. The van der Waals surface area contributed by atoms with Crippen LogP contribution in [0.3, 0.4) is 0 Å². The molecule has 1 atom stereocenters. The van der Waals surface area contributed by atoms with Crippen LogP contribution in [0.5, 0.6) is 0 Å². The number of guanidine groups is 1. The molecule has 120 valence electrons. The van der Waals surface area contributed by atoms with Crippen LogP contribution < -0.4 is 10.6 Å². The van der Waals surface area contributed by atoms with Gasteiger partial charge in [-0.05, 0) is 31.2 Å². The second kappa shape index (κ2) is 7.14. The molecule has 1 aliphatic heterocycles. The third-order valence-corrected chi connectivity index (χ3v) is 5.04. The van der Waals surface area contributed by atoms with Crippen LogP contribution in [0.2, 0.25) is 0 Å². The quantitative estimate of drug-likeness (QED) is 0.649. The van der Waals surface area contributed by atoms with E-state index in [1.807, 2.05) is 7.05 Å². The van der Waals surface area contributed by atoms with Crippen molar-refractivity contribution in [3.8, 4) is 0 Å². The minimum atomic E-state index is 0.280. The van der Waals surface area contributed by atoms with Crippen LogP contribution in [0.1, 0.15) is 37.7 Å². The molecule has 2 aliphatic rings. The van der Waals surface area contributed by atoms with Gasteiger partial charge in [0, 0.05) is 32.2 Å². The van der Waals surface area contributed by atoms with Crippen LogP contribution in [0.4, 0.5) is 0 Å². The number of nitrogens with one attached hydrogen (secondary N) is 2. The number of aliphatic imine (C=N–C) groups is 1. The summed E-state index contributed by atoms with van der Waals surface area (Å²) in [6, 6.07) is 10.9. The molecule has 4 heteroatoms. The van der Waals surface area contributed by atoms with Crippen LogP contribution in [0, 0.1) is 0 Å². The molecule has 4 nitrogen and oxygen atoms in total. The molecule has 0 bridgehead atoms. The average Bonchev–Trinajstić information content (AvgIpc) is 3.03. The van der Waals surface area contributed by atoms with Crippen molar-refractivity contribution >= 4 is 5.96 Å². The van der Waals surface area contributed by atoms with E-state index in [0.29, 0.717) is 6.10 Å². The third kappa shape index (κ3) is 3.43. The Morgan fingerprint density at radius 1 is 1.23 bits per heavy atom. The van der Waals surface area contributed by atoms with Gasteiger partial charge in [-0.25, -0.2) is 0 Å². The van der Waals surface area contributed by atoms with Crippen molar-refractivity contribution in [3.05, 3.63) is 35.9 Å². The molecule has 2 fully saturated rings. The molecular formula is C18H27N3O. The zero-order valence-electron chi connectivity index (χ0n) is 13.5. The summed E-state index contributed by atoms with van der Waals surface area (Å²) >= 11 is 0. The first-order valence-electron chi connectivity index (χ1n) is 8.44. The van der Waals surface area contributed by atoms with Crippen molar-refractivity contribution in [2.24, 2.45) is 4.99 Å². The summed E-state index contributed by atoms with van der Waals surface area (Å²) in [7, 11) is 1.83. The molecule has 22 heavy (non-hydrogen) atoms. The van der Waals surface area contributed by atoms with Crippen molar-refractivity contribution in [2.75, 3.05) is 26.7 Å². The molecule has 2 N–H and O–H groups in total. The van der Waals surface area contributed by atoms with E-state index in [2.05, 4.69) is 46.0 Å². The molecule has 0 aromatic heterocycles. The second-order valence-electron chi connectivity index (χ2n) is 6.44. The Bertz CT molecular complexity index is 490. The zero-order valence-corrected chi connectivity index (χ0v) is 13.5. The standard InChI is InChI=1S/C18H27N3O/c1-19-17(20-13-16-9-5-12-22-16)21-14-18(10-6-11-18)15-7-3-2-4-8-15/h2-4,7-8,16H,5-6,9-14H2,1H3,(H2,19,20,21). The number of rotatable bonds is 5. The topological polar surface area (TPSA) is 45.7 Å². The Kier molecular flexibility index (Phi) is 4.98. The minimum Gasteiger partial charge on any atom is -0.376 e. The lowest BCUT2D eigenvalue weighted by molar-refractivity contribution is 0.113. The molecule has 1 aromatic rings. The van der Waals surface area contributed by atoms with Crippen molar-refractivity contribution in [2.45, 2.75) is 43.6 Å². The van der Waals surface area contributed by atoms with Crippen LogP contribution in [0.25, 0.3) is 0 Å². The SMILES string of the molecule is CN=C(NCC1CCCO1)NCC1(c2ccccc2)CCC1. The fraction of sp³-hybridized carbons (Fsp3) is 0.611. The van der Waals surface area contributed by atoms with Gasteiger partial charge in [-0.1, -0.05) is 36.8 Å². The van der Waals surface area contributed by atoms with E-state index < -0.39 is 0 Å². The molecule has 1 saturated heterocycles. The van der Waals surface area contributed by atoms with Gasteiger partial charge in [-0.3, -0.25) is 4.99 Å². The van der Waals surface area contributed by atoms with Crippen LogP contribution >= 0.6 is 0 Å². The van der Waals surface area contributed by atoms with Gasteiger partial charge in [0.2, 0.25) is 0 Å². The van der Waals surface area contributed by atoms with Gasteiger partial charge in [-0.15, -0.1) is 0 Å². The molecule has 1 saturated carbocycles. The van der Waals surface area contributed by atoms with Crippen molar-refractivity contribution in [1.82, 2.24) is 10.6 Å². The molecule has 0 radical (unpaired) electrons. The molecule has 1 unspecified atom stereocenters. The van der Waals surface area contributed by atoms with Gasteiger partial charge in [0.05, 0.1) is 6.10 Å². The summed E-state index contributed by atoms with van der Waals surface area (Å²) in [4.78, 5) is 4.34. The summed E-state index contributed by atoms with van der Waals surface area (Å²) in [5, 5.41) is 6.92. The third-order valence-electron chi connectivity index (χ3n) is 5.04. The molecule has 1 heterocycles. The smallest absolute Gasteiger partial charge is 0.191 e. The Balaban J connectivity index is 1.53. The van der Waals surface area contributed by atoms with E-state index in [1.165, 1.54) is 31.2 Å². The predicted molar refractivity (Wildman–Crippen MR) is 90.3 cm³/mol. The summed E-state index contributed by atoms with van der Waals surface area (Å²) < 4.78 is 5.65. The Morgan fingerprint density at radius 3 is 2.64 bits per heavy atom. The number of nitrogens with zero attached hydrogens (tertiary/aromatic N) is 1. The van der Waals surface area contributed by atoms with E-state index >= 15 is 0 Å². The van der Waals surface area contributed by atoms with Gasteiger partial charge in [-0.2, -0.15) is 0 Å². The summed E-state index contributed by atoms with van der Waals surface area (Å²) in [6.45, 7) is 2.69. The molecule has 0 spiro atoms. The lowest BCUT2D eigenvalue weighted by Crippen LogP contribution is -2.49. The fourth-order valence-corrected chi connectivity index (χ4v) is 3.45. The van der Waals surface area contributed by atoms with E-state index in [9.17, 15) is 0 Å². The molecule has 0 amide bonds. The Hall–Kier alpha value is -1.55. The first-order valence-corrected chi connectivity index (χ1v) is 8.44. The van der Waals surface area contributed by atoms with Crippen LogP contribution in [-0.2, 0) is 10.2 Å². The van der Waals surface area contributed by atoms with Gasteiger partial charge < -0.3 is 15.4 Å². The van der Waals surface area contributed by atoms with E-state index in [1.54, 1.807) is 0 Å². The fourth-order valence-electron chi connectivity index (χ4n) is 3.45. The number of hydrogen-bond acceptors (Lipinski definition) is 2. The van der Waals surface area contributed by atoms with E-state index in [-0.39, 0.29) is 5.41 Å². The highest BCUT2D eigenvalue weighted by atomic mass is 16.5. The van der Waals surface area contributed by atoms with Gasteiger partial charge >= 0.3 is 0 Å². The molecular weight excluding hydrogens is 274 g/mol. The molecule has 1 aliphatic carbocycles. The maximum Gasteiger partial charge on any atom is 0.191 e. The number of benzene rings is 1. The number of ether oxygens (including phenoxy) is 1. The van der Waals surface area contributed by atoms with Gasteiger partial charge in [0.15, 0.2) is 5.96 Å². The maximum atomic E-state index is 5.65. The minimum absolute atomic E-state index is 0.280. The Labute approximate surface area is 133 Å². The van der Waals surface area contributed by atoms with E-state index in [0.717, 1.165) is 32.1 Å². The first-order chi connectivity index (χ1) is 10.8. The lowest BCUT2D eigenvalue weighted by atomic mass is 9.64. The zero-order chi connectivity index (χ0) is 15.3. The summed E-state index contributed by atoms with van der Waals surface area (Å²) in [5.41, 5.74) is 1.73.